The third-order valence-corrected chi connectivity index (χ3v) is 5.27. The Morgan fingerprint density at radius 2 is 2.17 bits per heavy atom. The zero-order valence-electron chi connectivity index (χ0n) is 13.8. The first kappa shape index (κ1) is 15.1. The average Bonchev–Trinajstić information content (AvgIpc) is 2.60. The van der Waals surface area contributed by atoms with Gasteiger partial charge in [-0.05, 0) is 31.2 Å². The molecule has 3 heterocycles. The van der Waals surface area contributed by atoms with Crippen LogP contribution in [0.25, 0.3) is 10.9 Å². The van der Waals surface area contributed by atoms with E-state index < -0.39 is 0 Å². The van der Waals surface area contributed by atoms with Crippen molar-refractivity contribution in [1.82, 2.24) is 9.88 Å². The molecular weight excluding hydrogens is 300 g/mol. The largest absolute Gasteiger partial charge is 0.368 e. The Labute approximate surface area is 141 Å². The Kier molecular flexibility index (Phi) is 3.70. The van der Waals surface area contributed by atoms with Crippen LogP contribution in [0.1, 0.15) is 25.3 Å². The Morgan fingerprint density at radius 3 is 3.00 bits per heavy atom. The molecule has 5 nitrogen and oxygen atoms in total. The Balaban J connectivity index is 1.73. The highest BCUT2D eigenvalue weighted by Gasteiger charge is 2.36. The van der Waals surface area contributed by atoms with E-state index in [1.807, 2.05) is 24.3 Å². The molecule has 2 atom stereocenters. The standard InChI is InChI=1S/C19H20N4O/c1-13-11-22(12-15-9-16(24)6-8-23(13)15)18-5-4-14(10-20)19-17(18)3-2-7-21-19/h2-5,7,13,15H,6,8-9,11-12H2,1H3/t13-,15?/m1/s1. The molecule has 2 fully saturated rings. The van der Waals surface area contributed by atoms with Gasteiger partial charge in [-0.1, -0.05) is 0 Å². The van der Waals surface area contributed by atoms with Crippen molar-refractivity contribution in [3.8, 4) is 6.07 Å². The summed E-state index contributed by atoms with van der Waals surface area (Å²) in [4.78, 5) is 21.1. The fourth-order valence-electron chi connectivity index (χ4n) is 4.14. The molecule has 1 unspecified atom stereocenters. The number of nitrogens with zero attached hydrogens (tertiary/aromatic N) is 4. The number of aromatic nitrogens is 1. The molecule has 0 radical (unpaired) electrons. The molecule has 0 aliphatic carbocycles. The zero-order chi connectivity index (χ0) is 16.7. The Morgan fingerprint density at radius 1 is 1.29 bits per heavy atom. The van der Waals surface area contributed by atoms with Gasteiger partial charge in [0.25, 0.3) is 0 Å². The normalized spacial score (nSPS) is 24.7. The highest BCUT2D eigenvalue weighted by atomic mass is 16.1. The predicted molar refractivity (Wildman–Crippen MR) is 92.9 cm³/mol. The monoisotopic (exact) mass is 320 g/mol. The Hall–Kier alpha value is -2.45. The van der Waals surface area contributed by atoms with Crippen molar-refractivity contribution < 1.29 is 4.79 Å². The fraction of sp³-hybridized carbons (Fsp3) is 0.421. The number of ketones is 1. The van der Waals surface area contributed by atoms with Crippen LogP contribution in [0, 0.1) is 11.3 Å². The van der Waals surface area contributed by atoms with Gasteiger partial charge < -0.3 is 4.90 Å². The number of hydrogen-bond acceptors (Lipinski definition) is 5. The SMILES string of the molecule is C[C@@H]1CN(c2ccc(C#N)c3ncccc23)CC2CC(=O)CCN21. The number of piperidine rings is 1. The second-order valence-corrected chi connectivity index (χ2v) is 6.78. The van der Waals surface area contributed by atoms with Crippen LogP contribution in [0.2, 0.25) is 0 Å². The van der Waals surface area contributed by atoms with E-state index in [4.69, 9.17) is 0 Å². The van der Waals surface area contributed by atoms with Crippen molar-refractivity contribution in [3.05, 3.63) is 36.0 Å². The molecular formula is C19H20N4O. The Bertz CT molecular complexity index is 841. The molecule has 122 valence electrons. The van der Waals surface area contributed by atoms with E-state index in [1.165, 1.54) is 0 Å². The lowest BCUT2D eigenvalue weighted by molar-refractivity contribution is -0.124. The number of anilines is 1. The summed E-state index contributed by atoms with van der Waals surface area (Å²) in [7, 11) is 0. The molecule has 24 heavy (non-hydrogen) atoms. The number of benzene rings is 1. The number of rotatable bonds is 1. The first-order chi connectivity index (χ1) is 11.7. The first-order valence-electron chi connectivity index (χ1n) is 8.47. The van der Waals surface area contributed by atoms with Crippen LogP contribution in [0.15, 0.2) is 30.5 Å². The van der Waals surface area contributed by atoms with Gasteiger partial charge in [0.15, 0.2) is 0 Å². The zero-order valence-corrected chi connectivity index (χ0v) is 13.8. The average molecular weight is 320 g/mol. The van der Waals surface area contributed by atoms with E-state index in [0.717, 1.165) is 36.2 Å². The van der Waals surface area contributed by atoms with E-state index in [9.17, 15) is 10.1 Å². The molecule has 4 rings (SSSR count). The number of pyridine rings is 1. The minimum Gasteiger partial charge on any atom is -0.368 e. The van der Waals surface area contributed by atoms with E-state index in [0.29, 0.717) is 30.2 Å². The number of hydrogen-bond donors (Lipinski definition) is 0. The smallest absolute Gasteiger partial charge is 0.135 e. The lowest BCUT2D eigenvalue weighted by Gasteiger charge is -2.48. The summed E-state index contributed by atoms with van der Waals surface area (Å²) < 4.78 is 0. The number of piperazine rings is 1. The minimum atomic E-state index is 0.289. The summed E-state index contributed by atoms with van der Waals surface area (Å²) in [5, 5.41) is 10.3. The molecule has 0 spiro atoms. The molecule has 2 aliphatic heterocycles. The van der Waals surface area contributed by atoms with Gasteiger partial charge in [0.1, 0.15) is 11.9 Å². The van der Waals surface area contributed by atoms with Gasteiger partial charge in [-0.25, -0.2) is 0 Å². The lowest BCUT2D eigenvalue weighted by Crippen LogP contribution is -2.60. The lowest BCUT2D eigenvalue weighted by atomic mass is 9.94. The van der Waals surface area contributed by atoms with Crippen LogP contribution in [0.3, 0.4) is 0 Å². The molecule has 2 saturated heterocycles. The molecule has 0 N–H and O–H groups in total. The van der Waals surface area contributed by atoms with Gasteiger partial charge in [0, 0.05) is 61.8 Å². The maximum Gasteiger partial charge on any atom is 0.135 e. The summed E-state index contributed by atoms with van der Waals surface area (Å²) >= 11 is 0. The van der Waals surface area contributed by atoms with E-state index in [2.05, 4.69) is 27.8 Å². The van der Waals surface area contributed by atoms with Gasteiger partial charge >= 0.3 is 0 Å². The predicted octanol–water partition coefficient (Wildman–Crippen LogP) is 2.35. The van der Waals surface area contributed by atoms with E-state index >= 15 is 0 Å². The summed E-state index contributed by atoms with van der Waals surface area (Å²) in [6.07, 6.45) is 3.06. The van der Waals surface area contributed by atoms with Crippen LogP contribution >= 0.6 is 0 Å². The maximum atomic E-state index is 11.9. The highest BCUT2D eigenvalue weighted by Crippen LogP contribution is 2.32. The maximum absolute atomic E-state index is 11.9. The number of nitriles is 1. The van der Waals surface area contributed by atoms with Crippen molar-refractivity contribution in [2.24, 2.45) is 0 Å². The summed E-state index contributed by atoms with van der Waals surface area (Å²) in [5.41, 5.74) is 2.47. The van der Waals surface area contributed by atoms with Crippen LogP contribution in [-0.4, -0.2) is 47.4 Å². The van der Waals surface area contributed by atoms with Gasteiger partial charge in [-0.15, -0.1) is 0 Å². The van der Waals surface area contributed by atoms with Crippen LogP contribution in [0.5, 0.6) is 0 Å². The third kappa shape index (κ3) is 2.44. The second-order valence-electron chi connectivity index (χ2n) is 6.78. The van der Waals surface area contributed by atoms with Crippen molar-refractivity contribution in [2.75, 3.05) is 24.5 Å². The van der Waals surface area contributed by atoms with Crippen LogP contribution < -0.4 is 4.90 Å². The fourth-order valence-corrected chi connectivity index (χ4v) is 4.14. The molecule has 0 saturated carbocycles. The van der Waals surface area contributed by atoms with Gasteiger partial charge in [0.05, 0.1) is 11.1 Å². The molecule has 2 aromatic rings. The number of carbonyl (C=O) groups excluding carboxylic acids is 1. The van der Waals surface area contributed by atoms with Crippen LogP contribution in [0.4, 0.5) is 5.69 Å². The molecule has 2 aliphatic rings. The quantitative estimate of drug-likeness (QED) is 0.807. The molecule has 0 bridgehead atoms. The molecule has 0 amide bonds. The van der Waals surface area contributed by atoms with E-state index in [-0.39, 0.29) is 6.04 Å². The molecule has 5 heteroatoms. The van der Waals surface area contributed by atoms with Crippen molar-refractivity contribution in [3.63, 3.8) is 0 Å². The summed E-state index contributed by atoms with van der Waals surface area (Å²) in [6.45, 7) is 4.90. The van der Waals surface area contributed by atoms with Crippen molar-refractivity contribution >= 4 is 22.4 Å². The number of carbonyl (C=O) groups is 1. The molecule has 1 aromatic carbocycles. The van der Waals surface area contributed by atoms with Gasteiger partial charge in [-0.3, -0.25) is 14.7 Å². The third-order valence-electron chi connectivity index (χ3n) is 5.27. The number of Topliss-reactive ketones (excluding diaryl/α,β-unsaturated/α-hetero) is 1. The second kappa shape index (κ2) is 5.88. The van der Waals surface area contributed by atoms with Gasteiger partial charge in [-0.2, -0.15) is 5.26 Å². The summed E-state index contributed by atoms with van der Waals surface area (Å²) in [5.74, 6) is 0.372. The topological polar surface area (TPSA) is 60.2 Å². The molecule has 1 aromatic heterocycles. The van der Waals surface area contributed by atoms with Gasteiger partial charge in [0.2, 0.25) is 0 Å². The number of fused-ring (bicyclic) bond motifs is 2. The first-order valence-corrected chi connectivity index (χ1v) is 8.47. The van der Waals surface area contributed by atoms with Crippen LogP contribution in [-0.2, 0) is 4.79 Å². The van der Waals surface area contributed by atoms with E-state index in [1.54, 1.807) is 6.20 Å². The van der Waals surface area contributed by atoms with Crippen molar-refractivity contribution in [2.45, 2.75) is 31.8 Å². The highest BCUT2D eigenvalue weighted by molar-refractivity contribution is 5.95. The minimum absolute atomic E-state index is 0.289. The summed E-state index contributed by atoms with van der Waals surface area (Å²) in [6, 6.07) is 10.8. The van der Waals surface area contributed by atoms with Crippen molar-refractivity contribution in [1.29, 1.82) is 5.26 Å².